The van der Waals surface area contributed by atoms with Gasteiger partial charge in [0, 0.05) is 24.2 Å². The summed E-state index contributed by atoms with van der Waals surface area (Å²) in [7, 11) is 0. The van der Waals surface area contributed by atoms with Gasteiger partial charge < -0.3 is 5.32 Å². The Kier molecular flexibility index (Phi) is 3.09. The van der Waals surface area contributed by atoms with Crippen molar-refractivity contribution in [1.29, 1.82) is 0 Å². The molecule has 1 N–H and O–H groups in total. The molecule has 0 radical (unpaired) electrons. The summed E-state index contributed by atoms with van der Waals surface area (Å²) in [6.07, 6.45) is 4.09. The predicted molar refractivity (Wildman–Crippen MR) is 65.1 cm³/mol. The molecule has 0 spiro atoms. The third kappa shape index (κ3) is 2.54. The lowest BCUT2D eigenvalue weighted by atomic mass is 9.90. The maximum Gasteiger partial charge on any atom is 0.0240 e. The molecular weight excluding hydrogens is 184 g/mol. The summed E-state index contributed by atoms with van der Waals surface area (Å²) < 4.78 is 0. The van der Waals surface area contributed by atoms with Crippen molar-refractivity contribution in [3.8, 4) is 0 Å². The van der Waals surface area contributed by atoms with Crippen LogP contribution in [0.2, 0.25) is 0 Å². The highest BCUT2D eigenvalue weighted by atomic mass is 15.2. The van der Waals surface area contributed by atoms with E-state index in [1.165, 1.54) is 32.4 Å². The summed E-state index contributed by atoms with van der Waals surface area (Å²) in [6, 6.07) is 1.57. The molecule has 2 heterocycles. The second-order valence-electron chi connectivity index (χ2n) is 6.34. The minimum Gasteiger partial charge on any atom is -0.310 e. The van der Waals surface area contributed by atoms with Crippen molar-refractivity contribution in [3.05, 3.63) is 0 Å². The van der Waals surface area contributed by atoms with Crippen LogP contribution < -0.4 is 5.32 Å². The zero-order valence-electron chi connectivity index (χ0n) is 10.7. The van der Waals surface area contributed by atoms with Gasteiger partial charge in [0.2, 0.25) is 0 Å². The normalized spacial score (nSPS) is 42.0. The van der Waals surface area contributed by atoms with Crippen molar-refractivity contribution >= 4 is 0 Å². The molecule has 0 bridgehead atoms. The van der Waals surface area contributed by atoms with Crippen LogP contribution in [-0.4, -0.2) is 35.6 Å². The lowest BCUT2D eigenvalue weighted by molar-refractivity contribution is 0.0872. The van der Waals surface area contributed by atoms with Gasteiger partial charge in [-0.3, -0.25) is 4.90 Å². The van der Waals surface area contributed by atoms with Crippen LogP contribution in [-0.2, 0) is 0 Å². The molecular formula is C13H26N2. The van der Waals surface area contributed by atoms with E-state index in [1.807, 2.05) is 0 Å². The number of nitrogens with zero attached hydrogens (tertiary/aromatic N) is 1. The van der Waals surface area contributed by atoms with Crippen LogP contribution >= 0.6 is 0 Å². The van der Waals surface area contributed by atoms with Crippen molar-refractivity contribution in [2.45, 2.75) is 64.6 Å². The number of rotatable bonds is 1. The average molecular weight is 210 g/mol. The Morgan fingerprint density at radius 1 is 1.27 bits per heavy atom. The first-order chi connectivity index (χ1) is 6.98. The van der Waals surface area contributed by atoms with Gasteiger partial charge in [0.15, 0.2) is 0 Å². The van der Waals surface area contributed by atoms with E-state index in [2.05, 4.69) is 37.9 Å². The fourth-order valence-electron chi connectivity index (χ4n) is 3.33. The zero-order valence-corrected chi connectivity index (χ0v) is 10.7. The molecule has 2 heteroatoms. The van der Waals surface area contributed by atoms with Crippen LogP contribution in [0.1, 0.15) is 47.0 Å². The lowest BCUT2D eigenvalue weighted by Gasteiger charge is -2.40. The molecule has 2 aliphatic rings. The van der Waals surface area contributed by atoms with E-state index in [9.17, 15) is 0 Å². The molecule has 2 fully saturated rings. The Hall–Kier alpha value is -0.0800. The van der Waals surface area contributed by atoms with Crippen molar-refractivity contribution < 1.29 is 0 Å². The molecule has 3 atom stereocenters. The molecule has 2 nitrogen and oxygen atoms in total. The first kappa shape index (κ1) is 11.4. The largest absolute Gasteiger partial charge is 0.310 e. The van der Waals surface area contributed by atoms with E-state index < -0.39 is 0 Å². The van der Waals surface area contributed by atoms with E-state index in [0.29, 0.717) is 5.54 Å². The van der Waals surface area contributed by atoms with Crippen molar-refractivity contribution in [1.82, 2.24) is 10.2 Å². The van der Waals surface area contributed by atoms with Gasteiger partial charge in [-0.05, 0) is 52.5 Å². The molecule has 15 heavy (non-hydrogen) atoms. The molecule has 0 aliphatic carbocycles. The Morgan fingerprint density at radius 2 is 2.00 bits per heavy atom. The minimum absolute atomic E-state index is 0.355. The first-order valence-electron chi connectivity index (χ1n) is 6.49. The first-order valence-corrected chi connectivity index (χ1v) is 6.49. The third-order valence-electron chi connectivity index (χ3n) is 4.22. The highest BCUT2D eigenvalue weighted by Crippen LogP contribution is 2.29. The van der Waals surface area contributed by atoms with Gasteiger partial charge in [-0.25, -0.2) is 0 Å². The Morgan fingerprint density at radius 3 is 2.53 bits per heavy atom. The van der Waals surface area contributed by atoms with Crippen molar-refractivity contribution in [2.24, 2.45) is 5.92 Å². The van der Waals surface area contributed by atoms with Gasteiger partial charge in [0.1, 0.15) is 0 Å². The Balaban J connectivity index is 1.94. The fraction of sp³-hybridized carbons (Fsp3) is 1.00. The van der Waals surface area contributed by atoms with E-state index >= 15 is 0 Å². The highest BCUT2D eigenvalue weighted by Gasteiger charge is 2.37. The molecule has 0 aromatic rings. The summed E-state index contributed by atoms with van der Waals surface area (Å²) in [6.45, 7) is 11.9. The van der Waals surface area contributed by atoms with Crippen LogP contribution in [0.25, 0.3) is 0 Å². The molecule has 0 saturated carbocycles. The summed E-state index contributed by atoms with van der Waals surface area (Å²) in [4.78, 5) is 2.74. The van der Waals surface area contributed by atoms with Crippen LogP contribution in [0.4, 0.5) is 0 Å². The maximum atomic E-state index is 3.63. The Bertz CT molecular complexity index is 225. The molecule has 2 aliphatic heterocycles. The van der Waals surface area contributed by atoms with Gasteiger partial charge in [-0.1, -0.05) is 6.92 Å². The molecule has 3 unspecified atom stereocenters. The minimum atomic E-state index is 0.355. The highest BCUT2D eigenvalue weighted by molar-refractivity contribution is 4.96. The summed E-state index contributed by atoms with van der Waals surface area (Å²) >= 11 is 0. The molecule has 2 saturated heterocycles. The maximum absolute atomic E-state index is 3.63. The number of piperidine rings is 1. The lowest BCUT2D eigenvalue weighted by Crippen LogP contribution is -2.47. The van der Waals surface area contributed by atoms with Crippen LogP contribution in [0, 0.1) is 5.92 Å². The number of nitrogens with one attached hydrogen (secondary N) is 1. The van der Waals surface area contributed by atoms with E-state index in [0.717, 1.165) is 18.0 Å². The monoisotopic (exact) mass is 210 g/mol. The molecule has 88 valence electrons. The molecule has 0 aromatic carbocycles. The SMILES string of the molecule is CC1CCN(C2CNC(C)(C)C2)C(C)C1. The average Bonchev–Trinajstić information content (AvgIpc) is 2.46. The van der Waals surface area contributed by atoms with Crippen LogP contribution in [0.5, 0.6) is 0 Å². The standard InChI is InChI=1S/C13H26N2/c1-10-5-6-15(11(2)7-10)12-8-13(3,4)14-9-12/h10-12,14H,5-9H2,1-4H3. The van der Waals surface area contributed by atoms with E-state index in [1.54, 1.807) is 0 Å². The van der Waals surface area contributed by atoms with Gasteiger partial charge in [0.25, 0.3) is 0 Å². The summed E-state index contributed by atoms with van der Waals surface area (Å²) in [5.74, 6) is 0.929. The predicted octanol–water partition coefficient (Wildman–Crippen LogP) is 2.25. The topological polar surface area (TPSA) is 15.3 Å². The molecule has 0 aromatic heterocycles. The number of hydrogen-bond acceptors (Lipinski definition) is 2. The molecule has 2 rings (SSSR count). The summed E-state index contributed by atoms with van der Waals surface area (Å²) in [5, 5.41) is 3.63. The molecule has 0 amide bonds. The summed E-state index contributed by atoms with van der Waals surface area (Å²) in [5.41, 5.74) is 0.355. The zero-order chi connectivity index (χ0) is 11.1. The van der Waals surface area contributed by atoms with Gasteiger partial charge in [-0.15, -0.1) is 0 Å². The van der Waals surface area contributed by atoms with Gasteiger partial charge >= 0.3 is 0 Å². The Labute approximate surface area is 94.4 Å². The van der Waals surface area contributed by atoms with Gasteiger partial charge in [-0.2, -0.15) is 0 Å². The second-order valence-corrected chi connectivity index (χ2v) is 6.34. The quantitative estimate of drug-likeness (QED) is 0.714. The number of hydrogen-bond donors (Lipinski definition) is 1. The van der Waals surface area contributed by atoms with Gasteiger partial charge in [0.05, 0.1) is 0 Å². The van der Waals surface area contributed by atoms with Crippen LogP contribution in [0.15, 0.2) is 0 Å². The van der Waals surface area contributed by atoms with E-state index in [-0.39, 0.29) is 0 Å². The number of likely N-dealkylation sites (tertiary alicyclic amines) is 1. The third-order valence-corrected chi connectivity index (χ3v) is 4.22. The fourth-order valence-corrected chi connectivity index (χ4v) is 3.33. The smallest absolute Gasteiger partial charge is 0.0240 e. The van der Waals surface area contributed by atoms with E-state index in [4.69, 9.17) is 0 Å². The van der Waals surface area contributed by atoms with Crippen molar-refractivity contribution in [2.75, 3.05) is 13.1 Å². The van der Waals surface area contributed by atoms with Crippen molar-refractivity contribution in [3.63, 3.8) is 0 Å². The van der Waals surface area contributed by atoms with Crippen LogP contribution in [0.3, 0.4) is 0 Å². The second kappa shape index (κ2) is 4.06.